The van der Waals surface area contributed by atoms with Gasteiger partial charge < -0.3 is 15.2 Å². The first-order valence-corrected chi connectivity index (χ1v) is 4.71. The fourth-order valence-electron chi connectivity index (χ4n) is 1.26. The van der Waals surface area contributed by atoms with E-state index in [1.54, 1.807) is 7.11 Å². The zero-order chi connectivity index (χ0) is 9.90. The van der Waals surface area contributed by atoms with E-state index < -0.39 is 0 Å². The summed E-state index contributed by atoms with van der Waals surface area (Å²) in [4.78, 5) is 0. The maximum Gasteiger partial charge on any atom is 0.112 e. The van der Waals surface area contributed by atoms with Crippen LogP contribution in [0.4, 0.5) is 0 Å². The Labute approximate surface area is 79.9 Å². The molecule has 1 atom stereocenters. The van der Waals surface area contributed by atoms with Gasteiger partial charge in [0.15, 0.2) is 0 Å². The highest BCUT2D eigenvalue weighted by Crippen LogP contribution is 2.22. The normalized spacial score (nSPS) is 20.5. The zero-order valence-electron chi connectivity index (χ0n) is 8.67. The van der Waals surface area contributed by atoms with Crippen molar-refractivity contribution in [3.05, 3.63) is 11.8 Å². The van der Waals surface area contributed by atoms with Crippen LogP contribution in [-0.2, 0) is 9.47 Å². The van der Waals surface area contributed by atoms with Crippen LogP contribution in [-0.4, -0.2) is 25.4 Å². The molecule has 3 heteroatoms. The van der Waals surface area contributed by atoms with Crippen molar-refractivity contribution in [2.75, 3.05) is 13.7 Å². The van der Waals surface area contributed by atoms with E-state index in [1.807, 2.05) is 13.8 Å². The second kappa shape index (κ2) is 4.11. The molecule has 2 N–H and O–H groups in total. The van der Waals surface area contributed by atoms with Crippen molar-refractivity contribution < 1.29 is 9.47 Å². The number of allylic oxidation sites excluding steroid dienone is 1. The Morgan fingerprint density at radius 3 is 2.77 bits per heavy atom. The predicted molar refractivity (Wildman–Crippen MR) is 52.3 cm³/mol. The van der Waals surface area contributed by atoms with Crippen LogP contribution in [0.15, 0.2) is 11.8 Å². The molecule has 3 nitrogen and oxygen atoms in total. The molecule has 0 saturated heterocycles. The Hall–Kier alpha value is -0.540. The molecule has 1 aliphatic heterocycles. The quantitative estimate of drug-likeness (QED) is 0.723. The summed E-state index contributed by atoms with van der Waals surface area (Å²) in [6, 6.07) is -0.169. The summed E-state index contributed by atoms with van der Waals surface area (Å²) in [5.41, 5.74) is 5.66. The number of nitrogens with two attached hydrogens (primary N) is 1. The first-order valence-electron chi connectivity index (χ1n) is 4.71. The summed E-state index contributed by atoms with van der Waals surface area (Å²) in [5, 5.41) is 0. The van der Waals surface area contributed by atoms with Crippen LogP contribution in [0.25, 0.3) is 0 Å². The van der Waals surface area contributed by atoms with E-state index in [0.717, 1.165) is 25.2 Å². The average molecular weight is 185 g/mol. The van der Waals surface area contributed by atoms with Gasteiger partial charge in [0.1, 0.15) is 5.76 Å². The molecule has 1 heterocycles. The summed E-state index contributed by atoms with van der Waals surface area (Å²) in [6.07, 6.45) is 4.21. The van der Waals surface area contributed by atoms with Crippen molar-refractivity contribution in [1.82, 2.24) is 0 Å². The third kappa shape index (κ3) is 2.45. The largest absolute Gasteiger partial charge is 0.496 e. The molecule has 0 saturated carbocycles. The third-order valence-corrected chi connectivity index (χ3v) is 2.54. The highest BCUT2D eigenvalue weighted by Gasteiger charge is 2.30. The van der Waals surface area contributed by atoms with Crippen molar-refractivity contribution >= 4 is 0 Å². The van der Waals surface area contributed by atoms with E-state index in [2.05, 4.69) is 6.08 Å². The predicted octanol–water partition coefficient (Wildman–Crippen LogP) is 1.43. The lowest BCUT2D eigenvalue weighted by atomic mass is 9.96. The van der Waals surface area contributed by atoms with Crippen LogP contribution in [0.1, 0.15) is 26.7 Å². The second-order valence-electron chi connectivity index (χ2n) is 3.88. The molecule has 0 spiro atoms. The van der Waals surface area contributed by atoms with Crippen LogP contribution in [0.2, 0.25) is 0 Å². The van der Waals surface area contributed by atoms with Gasteiger partial charge in [-0.05, 0) is 32.8 Å². The smallest absolute Gasteiger partial charge is 0.112 e. The van der Waals surface area contributed by atoms with Crippen LogP contribution >= 0.6 is 0 Å². The topological polar surface area (TPSA) is 44.5 Å². The zero-order valence-corrected chi connectivity index (χ0v) is 8.67. The highest BCUT2D eigenvalue weighted by atomic mass is 16.5. The first-order chi connectivity index (χ1) is 6.08. The molecule has 76 valence electrons. The van der Waals surface area contributed by atoms with Gasteiger partial charge in [-0.1, -0.05) is 0 Å². The first kappa shape index (κ1) is 10.5. The molecule has 0 aromatic rings. The monoisotopic (exact) mass is 185 g/mol. The number of methoxy groups -OCH3 is 1. The lowest BCUT2D eigenvalue weighted by Crippen LogP contribution is -2.46. The lowest BCUT2D eigenvalue weighted by Gasteiger charge is -2.32. The number of rotatable bonds is 3. The summed E-state index contributed by atoms with van der Waals surface area (Å²) in [7, 11) is 1.67. The Kier molecular flexibility index (Phi) is 3.33. The van der Waals surface area contributed by atoms with Gasteiger partial charge in [0.05, 0.1) is 18.2 Å². The Morgan fingerprint density at radius 2 is 2.31 bits per heavy atom. The Morgan fingerprint density at radius 1 is 1.62 bits per heavy atom. The van der Waals surface area contributed by atoms with Crippen LogP contribution in [0, 0.1) is 0 Å². The summed E-state index contributed by atoms with van der Waals surface area (Å²) < 4.78 is 10.8. The van der Waals surface area contributed by atoms with E-state index in [-0.39, 0.29) is 11.6 Å². The van der Waals surface area contributed by atoms with E-state index in [0.29, 0.717) is 0 Å². The van der Waals surface area contributed by atoms with E-state index >= 15 is 0 Å². The van der Waals surface area contributed by atoms with Gasteiger partial charge in [0.2, 0.25) is 0 Å². The number of hydrogen-bond acceptors (Lipinski definition) is 3. The van der Waals surface area contributed by atoms with Crippen molar-refractivity contribution in [3.63, 3.8) is 0 Å². The minimum atomic E-state index is -0.358. The van der Waals surface area contributed by atoms with Gasteiger partial charge in [-0.15, -0.1) is 0 Å². The summed E-state index contributed by atoms with van der Waals surface area (Å²) in [5.74, 6) is 0.873. The summed E-state index contributed by atoms with van der Waals surface area (Å²) >= 11 is 0. The number of ether oxygens (including phenoxy) is 2. The van der Waals surface area contributed by atoms with Crippen molar-refractivity contribution in [2.24, 2.45) is 5.73 Å². The molecule has 1 unspecified atom stereocenters. The maximum absolute atomic E-state index is 6.02. The van der Waals surface area contributed by atoms with E-state index in [4.69, 9.17) is 15.2 Å². The Bertz CT molecular complexity index is 199. The molecule has 0 aliphatic carbocycles. The fraction of sp³-hybridized carbons (Fsp3) is 0.800. The fourth-order valence-corrected chi connectivity index (χ4v) is 1.26. The van der Waals surface area contributed by atoms with Crippen LogP contribution in [0.3, 0.4) is 0 Å². The van der Waals surface area contributed by atoms with Gasteiger partial charge in [-0.3, -0.25) is 0 Å². The molecule has 0 amide bonds. The molecular formula is C10H19NO2. The molecule has 13 heavy (non-hydrogen) atoms. The molecule has 1 rings (SSSR count). The van der Waals surface area contributed by atoms with Crippen molar-refractivity contribution in [2.45, 2.75) is 38.3 Å². The number of hydrogen-bond donors (Lipinski definition) is 1. The van der Waals surface area contributed by atoms with Gasteiger partial charge >= 0.3 is 0 Å². The van der Waals surface area contributed by atoms with E-state index in [1.165, 1.54) is 0 Å². The molecule has 0 radical (unpaired) electrons. The van der Waals surface area contributed by atoms with Crippen LogP contribution in [0.5, 0.6) is 0 Å². The molecule has 0 bridgehead atoms. The lowest BCUT2D eigenvalue weighted by molar-refractivity contribution is -0.00752. The van der Waals surface area contributed by atoms with Gasteiger partial charge in [-0.2, -0.15) is 0 Å². The SMILES string of the molecule is COC(C)(C)C(N)C1=CCCCO1. The third-order valence-electron chi connectivity index (χ3n) is 2.54. The van der Waals surface area contributed by atoms with Crippen molar-refractivity contribution in [1.29, 1.82) is 0 Å². The molecule has 0 fully saturated rings. The summed E-state index contributed by atoms with van der Waals surface area (Å²) in [6.45, 7) is 4.71. The van der Waals surface area contributed by atoms with Gasteiger partial charge in [0, 0.05) is 7.11 Å². The van der Waals surface area contributed by atoms with Gasteiger partial charge in [0.25, 0.3) is 0 Å². The van der Waals surface area contributed by atoms with E-state index in [9.17, 15) is 0 Å². The Balaban J connectivity index is 2.65. The average Bonchev–Trinajstić information content (AvgIpc) is 2.18. The minimum absolute atomic E-state index is 0.169. The highest BCUT2D eigenvalue weighted by molar-refractivity contribution is 5.10. The minimum Gasteiger partial charge on any atom is -0.496 e. The molecular weight excluding hydrogens is 166 g/mol. The molecule has 1 aliphatic rings. The van der Waals surface area contributed by atoms with Gasteiger partial charge in [-0.25, -0.2) is 0 Å². The second-order valence-corrected chi connectivity index (χ2v) is 3.88. The molecule has 0 aromatic carbocycles. The maximum atomic E-state index is 6.02. The van der Waals surface area contributed by atoms with Crippen molar-refractivity contribution in [3.8, 4) is 0 Å². The van der Waals surface area contributed by atoms with Crippen LogP contribution < -0.4 is 5.73 Å². The standard InChI is InChI=1S/C10H19NO2/c1-10(2,12-3)9(11)8-6-4-5-7-13-8/h6,9H,4-5,7,11H2,1-3H3. The molecule has 0 aromatic heterocycles.